The van der Waals surface area contributed by atoms with Crippen LogP contribution in [0.2, 0.25) is 0 Å². The summed E-state index contributed by atoms with van der Waals surface area (Å²) in [5.74, 6) is -1.17. The third-order valence-electron chi connectivity index (χ3n) is 2.76. The van der Waals surface area contributed by atoms with Crippen molar-refractivity contribution in [3.8, 4) is 0 Å². The van der Waals surface area contributed by atoms with Crippen LogP contribution in [0, 0.1) is 16.0 Å². The number of aromatic nitrogens is 1. The van der Waals surface area contributed by atoms with Gasteiger partial charge in [0, 0.05) is 13.2 Å². The molecule has 0 aliphatic carbocycles. The van der Waals surface area contributed by atoms with Crippen LogP contribution in [0.1, 0.15) is 24.3 Å². The van der Waals surface area contributed by atoms with E-state index in [1.54, 1.807) is 0 Å². The van der Waals surface area contributed by atoms with Crippen LogP contribution >= 0.6 is 0 Å². The average Bonchev–Trinajstić information content (AvgIpc) is 2.37. The number of nitrogens with one attached hydrogen (secondary N) is 1. The molecule has 8 heteroatoms. The summed E-state index contributed by atoms with van der Waals surface area (Å²) in [6, 6.07) is 2.02. The first-order valence-electron chi connectivity index (χ1n) is 6.01. The quantitative estimate of drug-likeness (QED) is 0.578. The van der Waals surface area contributed by atoms with Gasteiger partial charge in [0.05, 0.1) is 17.6 Å². The molecule has 0 radical (unpaired) electrons. The molecule has 2 N–H and O–H groups in total. The number of nitro groups is 1. The summed E-state index contributed by atoms with van der Waals surface area (Å²) in [5, 5.41) is 22.7. The van der Waals surface area contributed by atoms with Gasteiger partial charge in [0.15, 0.2) is 5.69 Å². The normalized spacial score (nSPS) is 12.2. The van der Waals surface area contributed by atoms with Crippen LogP contribution in [-0.2, 0) is 4.74 Å². The van der Waals surface area contributed by atoms with Gasteiger partial charge >= 0.3 is 11.7 Å². The summed E-state index contributed by atoms with van der Waals surface area (Å²) in [6.07, 6.45) is 0. The maximum Gasteiger partial charge on any atom is 0.354 e. The Bertz CT molecular complexity index is 504. The summed E-state index contributed by atoms with van der Waals surface area (Å²) in [4.78, 5) is 25.0. The number of hydrogen-bond donors (Lipinski definition) is 2. The molecule has 1 aromatic rings. The van der Waals surface area contributed by atoms with Gasteiger partial charge in [0.25, 0.3) is 0 Å². The Morgan fingerprint density at radius 3 is 2.65 bits per heavy atom. The van der Waals surface area contributed by atoms with E-state index in [4.69, 9.17) is 9.84 Å². The number of nitrogens with zero attached hydrogens (tertiary/aromatic N) is 2. The molecule has 0 aromatic carbocycles. The van der Waals surface area contributed by atoms with Gasteiger partial charge in [-0.3, -0.25) is 10.1 Å². The standard InChI is InChI=1S/C12H17N3O5/c1-7(2)9(6-20-3)14-11-10(15(18)19)5-4-8(13-11)12(16)17/h4-5,7,9H,6H2,1-3H3,(H,13,14)(H,16,17). The summed E-state index contributed by atoms with van der Waals surface area (Å²) in [6.45, 7) is 4.17. The Labute approximate surface area is 115 Å². The minimum atomic E-state index is -1.24. The SMILES string of the molecule is COCC(Nc1nc(C(=O)O)ccc1[N+](=O)[O-])C(C)C. The van der Waals surface area contributed by atoms with Crippen LogP contribution in [0.4, 0.5) is 11.5 Å². The van der Waals surface area contributed by atoms with Crippen LogP contribution in [0.15, 0.2) is 12.1 Å². The Morgan fingerprint density at radius 1 is 1.55 bits per heavy atom. The zero-order chi connectivity index (χ0) is 15.3. The molecule has 8 nitrogen and oxygen atoms in total. The largest absolute Gasteiger partial charge is 0.477 e. The highest BCUT2D eigenvalue weighted by Gasteiger charge is 2.22. The van der Waals surface area contributed by atoms with E-state index < -0.39 is 10.9 Å². The van der Waals surface area contributed by atoms with Gasteiger partial charge in [0.2, 0.25) is 5.82 Å². The molecule has 0 amide bonds. The molecule has 0 saturated carbocycles. The Kier molecular flexibility index (Phi) is 5.39. The molecule has 1 atom stereocenters. The van der Waals surface area contributed by atoms with E-state index in [2.05, 4.69) is 10.3 Å². The summed E-state index contributed by atoms with van der Waals surface area (Å²) in [7, 11) is 1.52. The van der Waals surface area contributed by atoms with Gasteiger partial charge in [-0.25, -0.2) is 9.78 Å². The van der Waals surface area contributed by atoms with E-state index >= 15 is 0 Å². The highest BCUT2D eigenvalue weighted by Crippen LogP contribution is 2.24. The predicted molar refractivity (Wildman–Crippen MR) is 72.0 cm³/mol. The van der Waals surface area contributed by atoms with Crippen molar-refractivity contribution in [2.24, 2.45) is 5.92 Å². The summed E-state index contributed by atoms with van der Waals surface area (Å²) in [5.41, 5.74) is -0.519. The third kappa shape index (κ3) is 3.89. The van der Waals surface area contributed by atoms with Crippen LogP contribution in [0.25, 0.3) is 0 Å². The highest BCUT2D eigenvalue weighted by molar-refractivity contribution is 5.86. The van der Waals surface area contributed by atoms with Crippen LogP contribution < -0.4 is 5.32 Å². The lowest BCUT2D eigenvalue weighted by atomic mass is 10.1. The van der Waals surface area contributed by atoms with Crippen molar-refractivity contribution in [2.45, 2.75) is 19.9 Å². The van der Waals surface area contributed by atoms with Crippen molar-refractivity contribution in [1.29, 1.82) is 0 Å². The van der Waals surface area contributed by atoms with Gasteiger partial charge in [-0.15, -0.1) is 0 Å². The first-order chi connectivity index (χ1) is 9.36. The maximum absolute atomic E-state index is 11.0. The molecule has 0 saturated heterocycles. The second-order valence-electron chi connectivity index (χ2n) is 4.58. The lowest BCUT2D eigenvalue weighted by Gasteiger charge is -2.22. The smallest absolute Gasteiger partial charge is 0.354 e. The van der Waals surface area contributed by atoms with Crippen molar-refractivity contribution >= 4 is 17.5 Å². The van der Waals surface area contributed by atoms with Gasteiger partial charge in [-0.1, -0.05) is 13.8 Å². The Balaban J connectivity index is 3.14. The zero-order valence-corrected chi connectivity index (χ0v) is 11.5. The van der Waals surface area contributed by atoms with E-state index in [9.17, 15) is 14.9 Å². The van der Waals surface area contributed by atoms with Crippen LogP contribution in [-0.4, -0.2) is 40.7 Å². The van der Waals surface area contributed by atoms with Crippen molar-refractivity contribution in [1.82, 2.24) is 4.98 Å². The van der Waals surface area contributed by atoms with Crippen molar-refractivity contribution in [2.75, 3.05) is 19.0 Å². The van der Waals surface area contributed by atoms with Crippen molar-refractivity contribution < 1.29 is 19.6 Å². The fourth-order valence-electron chi connectivity index (χ4n) is 1.58. The number of hydrogen-bond acceptors (Lipinski definition) is 6. The van der Waals surface area contributed by atoms with Crippen LogP contribution in [0.5, 0.6) is 0 Å². The van der Waals surface area contributed by atoms with Gasteiger partial charge in [-0.2, -0.15) is 0 Å². The number of methoxy groups -OCH3 is 1. The molecule has 0 aliphatic heterocycles. The highest BCUT2D eigenvalue weighted by atomic mass is 16.6. The fraction of sp³-hybridized carbons (Fsp3) is 0.500. The van der Waals surface area contributed by atoms with Crippen molar-refractivity contribution in [3.63, 3.8) is 0 Å². The molecule has 20 heavy (non-hydrogen) atoms. The molecule has 110 valence electrons. The number of anilines is 1. The van der Waals surface area contributed by atoms with E-state index in [-0.39, 0.29) is 29.2 Å². The molecule has 0 aliphatic rings. The topological polar surface area (TPSA) is 115 Å². The number of pyridine rings is 1. The predicted octanol–water partition coefficient (Wildman–Crippen LogP) is 1.77. The average molecular weight is 283 g/mol. The molecule has 0 bridgehead atoms. The van der Waals surface area contributed by atoms with E-state index in [0.717, 1.165) is 12.1 Å². The molecular formula is C12H17N3O5. The number of ether oxygens (including phenoxy) is 1. The minimum Gasteiger partial charge on any atom is -0.477 e. The zero-order valence-electron chi connectivity index (χ0n) is 11.5. The molecule has 1 unspecified atom stereocenters. The number of aromatic carboxylic acids is 1. The lowest BCUT2D eigenvalue weighted by molar-refractivity contribution is -0.384. The summed E-state index contributed by atoms with van der Waals surface area (Å²) < 4.78 is 5.04. The van der Waals surface area contributed by atoms with E-state index in [1.807, 2.05) is 13.8 Å². The van der Waals surface area contributed by atoms with E-state index in [0.29, 0.717) is 6.61 Å². The monoisotopic (exact) mass is 283 g/mol. The number of rotatable bonds is 7. The second-order valence-corrected chi connectivity index (χ2v) is 4.58. The number of carboxylic acid groups (broad SMARTS) is 1. The lowest BCUT2D eigenvalue weighted by Crippen LogP contribution is -2.31. The molecule has 1 rings (SSSR count). The second kappa shape index (κ2) is 6.80. The van der Waals surface area contributed by atoms with Gasteiger partial charge in [-0.05, 0) is 12.0 Å². The Morgan fingerprint density at radius 2 is 2.20 bits per heavy atom. The maximum atomic E-state index is 11.0. The van der Waals surface area contributed by atoms with Crippen LogP contribution in [0.3, 0.4) is 0 Å². The molecule has 0 fully saturated rings. The third-order valence-corrected chi connectivity index (χ3v) is 2.76. The van der Waals surface area contributed by atoms with Gasteiger partial charge in [0.1, 0.15) is 0 Å². The first kappa shape index (κ1) is 15.8. The van der Waals surface area contributed by atoms with Crippen molar-refractivity contribution in [3.05, 3.63) is 27.9 Å². The first-order valence-corrected chi connectivity index (χ1v) is 6.01. The molecule has 1 aromatic heterocycles. The van der Waals surface area contributed by atoms with E-state index in [1.165, 1.54) is 7.11 Å². The number of carboxylic acids is 1. The minimum absolute atomic E-state index is 0.0642. The Hall–Kier alpha value is -2.22. The van der Waals surface area contributed by atoms with Gasteiger partial charge < -0.3 is 15.2 Å². The molecule has 1 heterocycles. The molecular weight excluding hydrogens is 266 g/mol. The fourth-order valence-corrected chi connectivity index (χ4v) is 1.58. The number of carbonyl (C=O) groups is 1. The molecule has 0 spiro atoms. The summed E-state index contributed by atoms with van der Waals surface area (Å²) >= 11 is 0.